The third-order valence-corrected chi connectivity index (χ3v) is 3.28. The molecule has 22 heavy (non-hydrogen) atoms. The van der Waals surface area contributed by atoms with Crippen LogP contribution in [0.4, 0.5) is 17.2 Å². The lowest BCUT2D eigenvalue weighted by Crippen LogP contribution is -2.17. The van der Waals surface area contributed by atoms with E-state index >= 15 is 0 Å². The maximum absolute atomic E-state index is 12.4. The summed E-state index contributed by atoms with van der Waals surface area (Å²) in [6, 6.07) is 10.7. The Morgan fingerprint density at radius 3 is 2.73 bits per heavy atom. The average Bonchev–Trinajstić information content (AvgIpc) is 2.49. The summed E-state index contributed by atoms with van der Waals surface area (Å²) in [4.78, 5) is 16.7. The zero-order valence-corrected chi connectivity index (χ0v) is 13.0. The molecule has 0 aliphatic heterocycles. The molecule has 0 saturated heterocycles. The first-order chi connectivity index (χ1) is 10.6. The minimum absolute atomic E-state index is 0.224. The number of aromatic nitrogens is 1. The Balaban J connectivity index is 2.11. The van der Waals surface area contributed by atoms with E-state index in [1.807, 2.05) is 12.1 Å². The van der Waals surface area contributed by atoms with E-state index in [0.29, 0.717) is 28.7 Å². The van der Waals surface area contributed by atoms with Gasteiger partial charge in [0.25, 0.3) is 5.91 Å². The molecule has 4 N–H and O–H groups in total. The Labute approximate surface area is 130 Å². The molecule has 0 fully saturated rings. The summed E-state index contributed by atoms with van der Waals surface area (Å²) in [6.07, 6.45) is 2.69. The monoisotopic (exact) mass is 298 g/mol. The zero-order valence-electron chi connectivity index (χ0n) is 13.0. The van der Waals surface area contributed by atoms with Gasteiger partial charge in [0.2, 0.25) is 0 Å². The number of nitrogen functional groups attached to an aromatic ring is 1. The fourth-order valence-corrected chi connectivity index (χ4v) is 2.01. The van der Waals surface area contributed by atoms with Crippen LogP contribution in [0.3, 0.4) is 0 Å². The van der Waals surface area contributed by atoms with E-state index in [1.165, 1.54) is 0 Å². The molecule has 0 aliphatic carbocycles. The van der Waals surface area contributed by atoms with Gasteiger partial charge in [0.05, 0.1) is 16.9 Å². The number of pyridine rings is 1. The van der Waals surface area contributed by atoms with Crippen molar-refractivity contribution in [3.63, 3.8) is 0 Å². The Bertz CT molecular complexity index is 640. The summed E-state index contributed by atoms with van der Waals surface area (Å²) in [5.74, 6) is 0.964. The second-order valence-electron chi connectivity index (χ2n) is 5.55. The first-order valence-corrected chi connectivity index (χ1v) is 7.42. The highest BCUT2D eigenvalue weighted by atomic mass is 16.1. The van der Waals surface area contributed by atoms with E-state index in [9.17, 15) is 4.79 Å². The predicted octanol–water partition coefficient (Wildman–Crippen LogP) is 3.37. The highest BCUT2D eigenvalue weighted by molar-refractivity contribution is 6.08. The Kier molecular flexibility index (Phi) is 5.36. The van der Waals surface area contributed by atoms with Gasteiger partial charge in [-0.05, 0) is 36.6 Å². The summed E-state index contributed by atoms with van der Waals surface area (Å²) in [6.45, 7) is 5.10. The van der Waals surface area contributed by atoms with Gasteiger partial charge in [-0.25, -0.2) is 4.98 Å². The zero-order chi connectivity index (χ0) is 15.9. The number of rotatable bonds is 6. The van der Waals surface area contributed by atoms with Crippen molar-refractivity contribution in [3.05, 3.63) is 48.2 Å². The standard InChI is InChI=1S/C17H22N4O/c1-12(2)9-11-20-16-13(6-5-10-19-16)17(22)21-15-8-4-3-7-14(15)18/h3-8,10,12H,9,11,18H2,1-2H3,(H,19,20)(H,21,22). The molecule has 1 amide bonds. The van der Waals surface area contributed by atoms with E-state index in [2.05, 4.69) is 29.5 Å². The molecule has 1 heterocycles. The summed E-state index contributed by atoms with van der Waals surface area (Å²) >= 11 is 0. The van der Waals surface area contributed by atoms with Gasteiger partial charge in [-0.3, -0.25) is 4.79 Å². The first kappa shape index (κ1) is 15.8. The number of benzene rings is 1. The molecular weight excluding hydrogens is 276 g/mol. The lowest BCUT2D eigenvalue weighted by molar-refractivity contribution is 0.102. The van der Waals surface area contributed by atoms with E-state index in [0.717, 1.165) is 13.0 Å². The van der Waals surface area contributed by atoms with Crippen molar-refractivity contribution in [1.82, 2.24) is 4.98 Å². The van der Waals surface area contributed by atoms with Crippen LogP contribution in [0, 0.1) is 5.92 Å². The third kappa shape index (κ3) is 4.22. The van der Waals surface area contributed by atoms with Crippen molar-refractivity contribution in [2.75, 3.05) is 22.9 Å². The van der Waals surface area contributed by atoms with Crippen molar-refractivity contribution >= 4 is 23.1 Å². The number of nitrogens with one attached hydrogen (secondary N) is 2. The number of carbonyl (C=O) groups is 1. The molecule has 116 valence electrons. The molecule has 1 aromatic heterocycles. The van der Waals surface area contributed by atoms with Gasteiger partial charge in [0.15, 0.2) is 0 Å². The van der Waals surface area contributed by atoms with Crippen LogP contribution in [0.5, 0.6) is 0 Å². The molecule has 0 aliphatic rings. The number of carbonyl (C=O) groups excluding carboxylic acids is 1. The minimum atomic E-state index is -0.224. The lowest BCUT2D eigenvalue weighted by Gasteiger charge is -2.12. The molecule has 5 heteroatoms. The molecule has 0 atom stereocenters. The largest absolute Gasteiger partial charge is 0.397 e. The lowest BCUT2D eigenvalue weighted by atomic mass is 10.1. The molecule has 1 aromatic carbocycles. The molecule has 0 spiro atoms. The molecule has 2 rings (SSSR count). The fourth-order valence-electron chi connectivity index (χ4n) is 2.01. The van der Waals surface area contributed by atoms with Crippen LogP contribution in [0.2, 0.25) is 0 Å². The number of nitrogens with zero attached hydrogens (tertiary/aromatic N) is 1. The Morgan fingerprint density at radius 2 is 2.00 bits per heavy atom. The summed E-state index contributed by atoms with van der Waals surface area (Å²) in [5, 5.41) is 6.04. The number of anilines is 3. The minimum Gasteiger partial charge on any atom is -0.397 e. The highest BCUT2D eigenvalue weighted by Gasteiger charge is 2.13. The first-order valence-electron chi connectivity index (χ1n) is 7.42. The SMILES string of the molecule is CC(C)CCNc1ncccc1C(=O)Nc1ccccc1N. The van der Waals surface area contributed by atoms with E-state index in [-0.39, 0.29) is 5.91 Å². The van der Waals surface area contributed by atoms with Crippen molar-refractivity contribution in [2.45, 2.75) is 20.3 Å². The summed E-state index contributed by atoms with van der Waals surface area (Å²) in [5.41, 5.74) is 7.50. The maximum Gasteiger partial charge on any atom is 0.259 e. The third-order valence-electron chi connectivity index (χ3n) is 3.28. The number of amides is 1. The van der Waals surface area contributed by atoms with Crippen molar-refractivity contribution in [3.8, 4) is 0 Å². The second kappa shape index (κ2) is 7.45. The van der Waals surface area contributed by atoms with Gasteiger partial charge in [-0.15, -0.1) is 0 Å². The molecule has 2 aromatic rings. The van der Waals surface area contributed by atoms with E-state index < -0.39 is 0 Å². The van der Waals surface area contributed by atoms with E-state index in [1.54, 1.807) is 30.5 Å². The van der Waals surface area contributed by atoms with Crippen LogP contribution in [0.15, 0.2) is 42.6 Å². The normalized spacial score (nSPS) is 10.5. The van der Waals surface area contributed by atoms with Gasteiger partial charge in [0, 0.05) is 12.7 Å². The van der Waals surface area contributed by atoms with E-state index in [4.69, 9.17) is 5.73 Å². The molecule has 0 unspecified atom stereocenters. The van der Waals surface area contributed by atoms with Crippen LogP contribution in [-0.2, 0) is 0 Å². The van der Waals surface area contributed by atoms with Crippen molar-refractivity contribution in [1.29, 1.82) is 0 Å². The van der Waals surface area contributed by atoms with Gasteiger partial charge >= 0.3 is 0 Å². The van der Waals surface area contributed by atoms with Gasteiger partial charge in [-0.2, -0.15) is 0 Å². The molecule has 0 bridgehead atoms. The highest BCUT2D eigenvalue weighted by Crippen LogP contribution is 2.20. The van der Waals surface area contributed by atoms with Crippen molar-refractivity contribution in [2.24, 2.45) is 5.92 Å². The van der Waals surface area contributed by atoms with Crippen LogP contribution < -0.4 is 16.4 Å². The Hall–Kier alpha value is -2.56. The Morgan fingerprint density at radius 1 is 1.23 bits per heavy atom. The quantitative estimate of drug-likeness (QED) is 0.714. The van der Waals surface area contributed by atoms with Crippen LogP contribution >= 0.6 is 0 Å². The number of hydrogen-bond donors (Lipinski definition) is 3. The van der Waals surface area contributed by atoms with Gasteiger partial charge < -0.3 is 16.4 Å². The molecule has 0 radical (unpaired) electrons. The van der Waals surface area contributed by atoms with Crippen LogP contribution in [0.25, 0.3) is 0 Å². The second-order valence-corrected chi connectivity index (χ2v) is 5.55. The molecular formula is C17H22N4O. The summed E-state index contributed by atoms with van der Waals surface area (Å²) in [7, 11) is 0. The number of hydrogen-bond acceptors (Lipinski definition) is 4. The van der Waals surface area contributed by atoms with Gasteiger partial charge in [-0.1, -0.05) is 26.0 Å². The molecule has 5 nitrogen and oxygen atoms in total. The average molecular weight is 298 g/mol. The fraction of sp³-hybridized carbons (Fsp3) is 0.294. The van der Waals surface area contributed by atoms with Crippen molar-refractivity contribution < 1.29 is 4.79 Å². The maximum atomic E-state index is 12.4. The number of nitrogens with two attached hydrogens (primary N) is 1. The smallest absolute Gasteiger partial charge is 0.259 e. The molecule has 0 saturated carbocycles. The predicted molar refractivity (Wildman–Crippen MR) is 91.0 cm³/mol. The topological polar surface area (TPSA) is 80.0 Å². The number of para-hydroxylation sites is 2. The summed E-state index contributed by atoms with van der Waals surface area (Å²) < 4.78 is 0. The van der Waals surface area contributed by atoms with Crippen LogP contribution in [0.1, 0.15) is 30.6 Å². The van der Waals surface area contributed by atoms with Gasteiger partial charge in [0.1, 0.15) is 5.82 Å². The van der Waals surface area contributed by atoms with Crippen LogP contribution in [-0.4, -0.2) is 17.4 Å².